The molecule has 2 heterocycles. The first-order valence-electron chi connectivity index (χ1n) is 9.89. The number of fused-ring (bicyclic) bond motifs is 1. The Morgan fingerprint density at radius 1 is 1.06 bits per heavy atom. The maximum atomic E-state index is 12.9. The third-order valence-corrected chi connectivity index (χ3v) is 5.77. The van der Waals surface area contributed by atoms with Crippen molar-refractivity contribution in [2.24, 2.45) is 0 Å². The number of nitrogens with zero attached hydrogens (tertiary/aromatic N) is 2. The van der Waals surface area contributed by atoms with E-state index >= 15 is 0 Å². The predicted octanol–water partition coefficient (Wildman–Crippen LogP) is 4.88. The van der Waals surface area contributed by atoms with Crippen molar-refractivity contribution in [2.75, 3.05) is 13.1 Å². The Kier molecular flexibility index (Phi) is 6.07. The third-order valence-electron chi connectivity index (χ3n) is 5.43. The third kappa shape index (κ3) is 4.78. The van der Waals surface area contributed by atoms with E-state index in [1.54, 1.807) is 6.07 Å². The number of carbonyl (C=O) groups excluding carboxylic acids is 1. The number of hydrogen-bond acceptors (Lipinski definition) is 2. The van der Waals surface area contributed by atoms with Gasteiger partial charge in [-0.25, -0.2) is 0 Å². The summed E-state index contributed by atoms with van der Waals surface area (Å²) in [6.45, 7) is 1.53. The Morgan fingerprint density at radius 3 is 2.65 bits per heavy atom. The molecule has 1 aromatic heterocycles. The summed E-state index contributed by atoms with van der Waals surface area (Å²) in [4.78, 5) is 14.7. The molecule has 2 aromatic carbocycles. The normalized spacial score (nSPS) is 16.7. The number of nitrogens with one attached hydrogen (secondary N) is 1. The molecule has 0 aliphatic carbocycles. The van der Waals surface area contributed by atoms with Crippen LogP contribution in [0.2, 0.25) is 5.02 Å². The molecule has 1 amide bonds. The number of halogens is 4. The maximum Gasteiger partial charge on any atom is 0.416 e. The molecule has 0 fully saturated rings. The van der Waals surface area contributed by atoms with Crippen molar-refractivity contribution in [3.8, 4) is 0 Å². The Balaban J connectivity index is 1.48. The molecule has 8 heteroatoms. The van der Waals surface area contributed by atoms with Gasteiger partial charge in [-0.1, -0.05) is 41.9 Å². The number of hydrogen-bond donors (Lipinski definition) is 1. The SMILES string of the molecule is O=C(CN1CCn2cccc2C1c1ccccc1Cl)NCc1cccc(C(F)(F)F)c1. The summed E-state index contributed by atoms with van der Waals surface area (Å²) in [6, 6.07) is 16.3. The van der Waals surface area contributed by atoms with Crippen LogP contribution < -0.4 is 5.32 Å². The molecule has 1 atom stereocenters. The number of carbonyl (C=O) groups is 1. The van der Waals surface area contributed by atoms with Crippen molar-refractivity contribution in [1.82, 2.24) is 14.8 Å². The van der Waals surface area contributed by atoms with Gasteiger partial charge in [-0.2, -0.15) is 13.2 Å². The number of benzene rings is 2. The lowest BCUT2D eigenvalue weighted by atomic mass is 10.00. The van der Waals surface area contributed by atoms with Gasteiger partial charge in [0.15, 0.2) is 0 Å². The monoisotopic (exact) mass is 447 g/mol. The van der Waals surface area contributed by atoms with Gasteiger partial charge in [0.05, 0.1) is 18.2 Å². The standard InChI is InChI=1S/C23H21ClF3N3O/c24-19-8-2-1-7-18(19)22-20-9-4-10-29(20)11-12-30(22)15-21(31)28-14-16-5-3-6-17(13-16)23(25,26)27/h1-10,13,22H,11-12,14-15H2,(H,28,31). The Morgan fingerprint density at radius 2 is 1.87 bits per heavy atom. The van der Waals surface area contributed by atoms with Gasteiger partial charge in [-0.3, -0.25) is 9.69 Å². The van der Waals surface area contributed by atoms with E-state index in [0.717, 1.165) is 29.9 Å². The number of rotatable bonds is 5. The first kappa shape index (κ1) is 21.5. The molecule has 1 aliphatic rings. The molecule has 4 rings (SSSR count). The topological polar surface area (TPSA) is 37.3 Å². The van der Waals surface area contributed by atoms with Crippen molar-refractivity contribution in [3.63, 3.8) is 0 Å². The molecule has 0 radical (unpaired) electrons. The van der Waals surface area contributed by atoms with E-state index in [2.05, 4.69) is 9.88 Å². The second kappa shape index (κ2) is 8.77. The van der Waals surface area contributed by atoms with Crippen LogP contribution >= 0.6 is 11.6 Å². The predicted molar refractivity (Wildman–Crippen MR) is 113 cm³/mol. The number of alkyl halides is 3. The summed E-state index contributed by atoms with van der Waals surface area (Å²) in [6.07, 6.45) is -2.41. The molecule has 0 saturated heterocycles. The van der Waals surface area contributed by atoms with Crippen LogP contribution in [-0.4, -0.2) is 28.5 Å². The molecule has 1 N–H and O–H groups in total. The minimum absolute atomic E-state index is 0.0315. The molecular weight excluding hydrogens is 427 g/mol. The maximum absolute atomic E-state index is 12.9. The van der Waals surface area contributed by atoms with Crippen LogP contribution in [0.1, 0.15) is 28.4 Å². The fourth-order valence-corrected chi connectivity index (χ4v) is 4.19. The largest absolute Gasteiger partial charge is 0.416 e. The van der Waals surface area contributed by atoms with Crippen molar-refractivity contribution in [1.29, 1.82) is 0 Å². The molecule has 162 valence electrons. The van der Waals surface area contributed by atoms with E-state index in [1.807, 2.05) is 47.5 Å². The van der Waals surface area contributed by atoms with Gasteiger partial charge in [0.25, 0.3) is 0 Å². The van der Waals surface area contributed by atoms with E-state index in [9.17, 15) is 18.0 Å². The highest BCUT2D eigenvalue weighted by atomic mass is 35.5. The van der Waals surface area contributed by atoms with Gasteiger partial charge in [0, 0.05) is 36.5 Å². The average molecular weight is 448 g/mol. The van der Waals surface area contributed by atoms with Gasteiger partial charge in [-0.05, 0) is 41.5 Å². The average Bonchev–Trinajstić information content (AvgIpc) is 3.21. The second-order valence-electron chi connectivity index (χ2n) is 7.50. The zero-order valence-corrected chi connectivity index (χ0v) is 17.3. The van der Waals surface area contributed by atoms with Gasteiger partial charge < -0.3 is 9.88 Å². The van der Waals surface area contributed by atoms with Crippen molar-refractivity contribution in [3.05, 3.63) is 94.3 Å². The summed E-state index contributed by atoms with van der Waals surface area (Å²) in [5, 5.41) is 3.36. The molecule has 3 aromatic rings. The van der Waals surface area contributed by atoms with Gasteiger partial charge in [0.1, 0.15) is 0 Å². The number of amides is 1. The van der Waals surface area contributed by atoms with Crippen LogP contribution in [-0.2, 0) is 24.1 Å². The van der Waals surface area contributed by atoms with E-state index in [1.165, 1.54) is 6.07 Å². The van der Waals surface area contributed by atoms with Crippen LogP contribution in [0, 0.1) is 0 Å². The first-order chi connectivity index (χ1) is 14.8. The molecule has 1 unspecified atom stereocenters. The fourth-order valence-electron chi connectivity index (χ4n) is 3.95. The summed E-state index contributed by atoms with van der Waals surface area (Å²) in [5.41, 5.74) is 1.63. The molecular formula is C23H21ClF3N3O. The lowest BCUT2D eigenvalue weighted by Crippen LogP contribution is -2.44. The molecule has 0 saturated carbocycles. The van der Waals surface area contributed by atoms with E-state index < -0.39 is 11.7 Å². The van der Waals surface area contributed by atoms with Gasteiger partial charge in [0.2, 0.25) is 5.91 Å². The van der Waals surface area contributed by atoms with Crippen LogP contribution in [0.25, 0.3) is 0 Å². The number of aromatic nitrogens is 1. The van der Waals surface area contributed by atoms with Gasteiger partial charge in [-0.15, -0.1) is 0 Å². The summed E-state index contributed by atoms with van der Waals surface area (Å²) < 4.78 is 40.8. The zero-order chi connectivity index (χ0) is 22.0. The van der Waals surface area contributed by atoms with Crippen LogP contribution in [0.4, 0.5) is 13.2 Å². The highest BCUT2D eigenvalue weighted by Gasteiger charge is 2.32. The molecule has 31 heavy (non-hydrogen) atoms. The van der Waals surface area contributed by atoms with Crippen molar-refractivity contribution >= 4 is 17.5 Å². The lowest BCUT2D eigenvalue weighted by Gasteiger charge is -2.37. The highest BCUT2D eigenvalue weighted by Crippen LogP contribution is 2.35. The van der Waals surface area contributed by atoms with Crippen LogP contribution in [0.15, 0.2) is 66.9 Å². The summed E-state index contributed by atoms with van der Waals surface area (Å²) in [5.74, 6) is -0.255. The van der Waals surface area contributed by atoms with Crippen molar-refractivity contribution < 1.29 is 18.0 Å². The summed E-state index contributed by atoms with van der Waals surface area (Å²) in [7, 11) is 0. The smallest absolute Gasteiger partial charge is 0.351 e. The van der Waals surface area contributed by atoms with Gasteiger partial charge >= 0.3 is 6.18 Å². The Hall–Kier alpha value is -2.77. The van der Waals surface area contributed by atoms with E-state index in [-0.39, 0.29) is 25.0 Å². The minimum Gasteiger partial charge on any atom is -0.351 e. The lowest BCUT2D eigenvalue weighted by molar-refractivity contribution is -0.137. The van der Waals surface area contributed by atoms with E-state index in [4.69, 9.17) is 11.6 Å². The quantitative estimate of drug-likeness (QED) is 0.605. The van der Waals surface area contributed by atoms with Crippen LogP contribution in [0.3, 0.4) is 0 Å². The fraction of sp³-hybridized carbons (Fsp3) is 0.261. The molecule has 4 nitrogen and oxygen atoms in total. The zero-order valence-electron chi connectivity index (χ0n) is 16.6. The molecule has 0 spiro atoms. The Bertz CT molecular complexity index is 1080. The summed E-state index contributed by atoms with van der Waals surface area (Å²) >= 11 is 6.46. The Labute approximate surface area is 183 Å². The first-order valence-corrected chi connectivity index (χ1v) is 10.3. The van der Waals surface area contributed by atoms with Crippen LogP contribution in [0.5, 0.6) is 0 Å². The minimum atomic E-state index is -4.41. The molecule has 0 bridgehead atoms. The van der Waals surface area contributed by atoms with Crippen molar-refractivity contribution in [2.45, 2.75) is 25.3 Å². The second-order valence-corrected chi connectivity index (χ2v) is 7.90. The van der Waals surface area contributed by atoms with E-state index in [0.29, 0.717) is 17.1 Å². The molecule has 1 aliphatic heterocycles. The highest BCUT2D eigenvalue weighted by molar-refractivity contribution is 6.31.